The molecular formula is C52H77NO10. The van der Waals surface area contributed by atoms with Crippen molar-refractivity contribution in [2.24, 2.45) is 5.92 Å². The maximum absolute atomic E-state index is 13.0. The molecule has 2 unspecified atom stereocenters. The molecule has 2 aromatic carbocycles. The number of carbonyl (C=O) groups is 6. The zero-order chi connectivity index (χ0) is 46.3. The summed E-state index contributed by atoms with van der Waals surface area (Å²) in [5, 5.41) is 12.7. The van der Waals surface area contributed by atoms with Crippen LogP contribution in [0.1, 0.15) is 200 Å². The van der Waals surface area contributed by atoms with E-state index in [1.54, 1.807) is 20.8 Å². The van der Waals surface area contributed by atoms with Gasteiger partial charge in [-0.2, -0.15) is 0 Å². The van der Waals surface area contributed by atoms with Crippen molar-refractivity contribution in [2.75, 3.05) is 6.61 Å². The number of ketones is 1. The van der Waals surface area contributed by atoms with E-state index in [0.29, 0.717) is 38.5 Å². The minimum absolute atomic E-state index is 0.0403. The molecule has 0 saturated carbocycles. The average molecular weight is 876 g/mol. The van der Waals surface area contributed by atoms with E-state index in [1.165, 1.54) is 32.1 Å². The molecule has 1 aliphatic rings. The molecule has 2 N–H and O–H groups in total. The zero-order valence-corrected chi connectivity index (χ0v) is 39.2. The van der Waals surface area contributed by atoms with Crippen molar-refractivity contribution in [3.63, 3.8) is 0 Å². The van der Waals surface area contributed by atoms with E-state index in [4.69, 9.17) is 14.2 Å². The first kappa shape index (κ1) is 52.8. The summed E-state index contributed by atoms with van der Waals surface area (Å²) < 4.78 is 16.6. The summed E-state index contributed by atoms with van der Waals surface area (Å²) in [6.07, 6.45) is 16.0. The van der Waals surface area contributed by atoms with E-state index in [2.05, 4.69) is 17.4 Å². The van der Waals surface area contributed by atoms with Gasteiger partial charge in [-0.1, -0.05) is 126 Å². The summed E-state index contributed by atoms with van der Waals surface area (Å²) in [6.45, 7) is 11.1. The van der Waals surface area contributed by atoms with Crippen LogP contribution < -0.4 is 5.32 Å². The van der Waals surface area contributed by atoms with Gasteiger partial charge in [0.1, 0.15) is 29.6 Å². The second-order valence-electron chi connectivity index (χ2n) is 19.3. The first-order valence-electron chi connectivity index (χ1n) is 23.8. The molecule has 3 rings (SSSR count). The van der Waals surface area contributed by atoms with Gasteiger partial charge < -0.3 is 24.6 Å². The number of rotatable bonds is 31. The van der Waals surface area contributed by atoms with Crippen LogP contribution >= 0.6 is 0 Å². The lowest BCUT2D eigenvalue weighted by Crippen LogP contribution is -2.44. The zero-order valence-electron chi connectivity index (χ0n) is 39.2. The smallest absolute Gasteiger partial charge is 0.329 e. The summed E-state index contributed by atoms with van der Waals surface area (Å²) >= 11 is 0. The fraction of sp³-hybridized carbons (Fsp3) is 0.654. The lowest BCUT2D eigenvalue weighted by atomic mass is 9.96. The number of carboxylic acids is 1. The van der Waals surface area contributed by atoms with Crippen molar-refractivity contribution in [1.82, 2.24) is 5.32 Å². The number of benzene rings is 2. The predicted octanol–water partition coefficient (Wildman–Crippen LogP) is 11.4. The molecular weight excluding hydrogens is 799 g/mol. The molecule has 63 heavy (non-hydrogen) atoms. The van der Waals surface area contributed by atoms with Crippen LogP contribution in [0.3, 0.4) is 0 Å². The van der Waals surface area contributed by atoms with E-state index in [0.717, 1.165) is 67.2 Å². The highest BCUT2D eigenvalue weighted by Gasteiger charge is 2.31. The van der Waals surface area contributed by atoms with Crippen LogP contribution in [0.4, 0.5) is 0 Å². The monoisotopic (exact) mass is 876 g/mol. The van der Waals surface area contributed by atoms with Gasteiger partial charge in [-0.25, -0.2) is 4.79 Å². The standard InChI is InChI=1S/C52H77NO10/c1-51(2,3)62-47(56)33-21-16-14-12-10-8-7-9-11-13-15-20-32-46(55)53-45(50(60)63-52(4,5)6)35-34-39(54)27-19-17-18-26-38(49(58)59)36-48(57)61-37-44-42-30-24-22-28-40(42)41-29-23-25-31-43(41)44/h22-25,28-31,38,44-45H,7-21,26-27,32-37H2,1-6H3,(H,53,55)(H,58,59). The largest absolute Gasteiger partial charge is 0.481 e. The summed E-state index contributed by atoms with van der Waals surface area (Å²) in [7, 11) is 0. The van der Waals surface area contributed by atoms with E-state index < -0.39 is 41.1 Å². The molecule has 0 radical (unpaired) electrons. The quantitative estimate of drug-likeness (QED) is 0.0423. The maximum Gasteiger partial charge on any atom is 0.329 e. The molecule has 350 valence electrons. The molecule has 2 atom stereocenters. The van der Waals surface area contributed by atoms with Gasteiger partial charge in [-0.15, -0.1) is 0 Å². The van der Waals surface area contributed by atoms with Crippen LogP contribution in [0, 0.1) is 5.92 Å². The van der Waals surface area contributed by atoms with Crippen molar-refractivity contribution in [3.8, 4) is 11.1 Å². The Morgan fingerprint density at radius 3 is 1.57 bits per heavy atom. The van der Waals surface area contributed by atoms with Gasteiger partial charge in [0, 0.05) is 31.6 Å². The number of carboxylic acid groups (broad SMARTS) is 1. The number of ether oxygens (including phenoxy) is 3. The van der Waals surface area contributed by atoms with Crippen molar-refractivity contribution in [3.05, 3.63) is 59.7 Å². The Morgan fingerprint density at radius 1 is 0.571 bits per heavy atom. The molecule has 0 fully saturated rings. The summed E-state index contributed by atoms with van der Waals surface area (Å²) in [5.74, 6) is -3.50. The Bertz CT molecular complexity index is 1710. The highest BCUT2D eigenvalue weighted by Crippen LogP contribution is 2.44. The van der Waals surface area contributed by atoms with E-state index in [9.17, 15) is 33.9 Å². The number of Topliss-reactive ketones (excluding diaryl/α,β-unsaturated/α-hetero) is 1. The van der Waals surface area contributed by atoms with Gasteiger partial charge in [-0.3, -0.25) is 24.0 Å². The molecule has 0 spiro atoms. The normalized spacial score (nSPS) is 13.4. The topological polar surface area (TPSA) is 162 Å². The summed E-state index contributed by atoms with van der Waals surface area (Å²) in [4.78, 5) is 75.4. The molecule has 11 heteroatoms. The van der Waals surface area contributed by atoms with E-state index in [1.807, 2.05) is 57.2 Å². The van der Waals surface area contributed by atoms with Gasteiger partial charge >= 0.3 is 23.9 Å². The van der Waals surface area contributed by atoms with Crippen LogP contribution in [0.25, 0.3) is 11.1 Å². The molecule has 1 aliphatic carbocycles. The minimum Gasteiger partial charge on any atom is -0.481 e. The fourth-order valence-corrected chi connectivity index (χ4v) is 8.11. The Balaban J connectivity index is 1.26. The predicted molar refractivity (Wildman–Crippen MR) is 246 cm³/mol. The van der Waals surface area contributed by atoms with Crippen LogP contribution in [-0.4, -0.2) is 64.5 Å². The first-order valence-corrected chi connectivity index (χ1v) is 23.8. The van der Waals surface area contributed by atoms with Crippen LogP contribution in [0.2, 0.25) is 0 Å². The van der Waals surface area contributed by atoms with E-state index >= 15 is 0 Å². The van der Waals surface area contributed by atoms with Gasteiger partial charge in [0.25, 0.3) is 0 Å². The lowest BCUT2D eigenvalue weighted by Gasteiger charge is -2.24. The third kappa shape index (κ3) is 21.6. The van der Waals surface area contributed by atoms with Crippen LogP contribution in [-0.2, 0) is 43.0 Å². The Hall–Kier alpha value is -4.54. The Kier molecular flexibility index (Phi) is 23.1. The molecule has 0 heterocycles. The van der Waals surface area contributed by atoms with Gasteiger partial charge in [0.2, 0.25) is 5.91 Å². The van der Waals surface area contributed by atoms with Crippen LogP contribution in [0.5, 0.6) is 0 Å². The highest BCUT2D eigenvalue weighted by molar-refractivity contribution is 5.86. The Morgan fingerprint density at radius 2 is 1.05 bits per heavy atom. The van der Waals surface area contributed by atoms with Gasteiger partial charge in [0.15, 0.2) is 0 Å². The second kappa shape index (κ2) is 27.6. The second-order valence-corrected chi connectivity index (χ2v) is 19.3. The van der Waals surface area contributed by atoms with Crippen molar-refractivity contribution in [1.29, 1.82) is 0 Å². The van der Waals surface area contributed by atoms with Crippen molar-refractivity contribution >= 4 is 35.6 Å². The number of unbranched alkanes of at least 4 members (excludes halogenated alkanes) is 13. The van der Waals surface area contributed by atoms with E-state index in [-0.39, 0.29) is 55.9 Å². The maximum atomic E-state index is 13.0. The highest BCUT2D eigenvalue weighted by atomic mass is 16.6. The van der Waals surface area contributed by atoms with Gasteiger partial charge in [0.05, 0.1) is 12.3 Å². The molecule has 0 bridgehead atoms. The molecule has 1 amide bonds. The number of nitrogens with one attached hydrogen (secondary N) is 1. The average Bonchev–Trinajstić information content (AvgIpc) is 3.53. The number of carbonyl (C=O) groups excluding carboxylic acids is 5. The molecule has 0 aliphatic heterocycles. The Labute approximate surface area is 377 Å². The summed E-state index contributed by atoms with van der Waals surface area (Å²) in [6, 6.07) is 15.2. The lowest BCUT2D eigenvalue weighted by molar-refractivity contribution is -0.159. The molecule has 0 aromatic heterocycles. The third-order valence-electron chi connectivity index (χ3n) is 11.3. The first-order chi connectivity index (χ1) is 29.9. The number of hydrogen-bond acceptors (Lipinski definition) is 9. The molecule has 2 aromatic rings. The fourth-order valence-electron chi connectivity index (χ4n) is 8.11. The number of fused-ring (bicyclic) bond motifs is 3. The number of aliphatic carboxylic acids is 1. The third-order valence-corrected chi connectivity index (χ3v) is 11.3. The number of esters is 3. The number of amides is 1. The minimum atomic E-state index is -1.05. The van der Waals surface area contributed by atoms with Crippen molar-refractivity contribution < 1.29 is 48.1 Å². The number of hydrogen-bond donors (Lipinski definition) is 2. The van der Waals surface area contributed by atoms with Gasteiger partial charge in [-0.05, 0) is 95.9 Å². The summed E-state index contributed by atoms with van der Waals surface area (Å²) in [5.41, 5.74) is 3.26. The van der Waals surface area contributed by atoms with Crippen LogP contribution in [0.15, 0.2) is 48.5 Å². The SMILES string of the molecule is CC(C)(C)OC(=O)CCCCCCCCCCCCCCC(=O)NC(CCC(=O)CCCCCC(CC(=O)OCC1c2ccccc2-c2ccccc21)C(=O)O)C(=O)OC(C)(C)C. The molecule has 11 nitrogen and oxygen atoms in total. The van der Waals surface area contributed by atoms with Crippen molar-refractivity contribution in [2.45, 2.75) is 206 Å². The molecule has 0 saturated heterocycles.